The van der Waals surface area contributed by atoms with E-state index in [-0.39, 0.29) is 11.9 Å². The second kappa shape index (κ2) is 5.80. The number of hydrogen-bond donors (Lipinski definition) is 2. The molecule has 1 aromatic carbocycles. The molecule has 4 nitrogen and oxygen atoms in total. The summed E-state index contributed by atoms with van der Waals surface area (Å²) in [6.45, 7) is 5.10. The number of aliphatic hydroxyl groups excluding tert-OH is 1. The number of rotatable bonds is 3. The van der Waals surface area contributed by atoms with Crippen molar-refractivity contribution in [2.75, 3.05) is 18.0 Å². The number of aliphatic hydroxyl groups is 1. The molecule has 0 saturated carbocycles. The summed E-state index contributed by atoms with van der Waals surface area (Å²) in [5, 5.41) is 13.0. The van der Waals surface area contributed by atoms with Gasteiger partial charge in [0.1, 0.15) is 6.04 Å². The van der Waals surface area contributed by atoms with Crippen molar-refractivity contribution < 1.29 is 9.90 Å². The molecule has 1 amide bonds. The molecule has 0 aromatic heterocycles. The van der Waals surface area contributed by atoms with Crippen molar-refractivity contribution >= 4 is 23.2 Å². The molecule has 0 radical (unpaired) electrons. The molecule has 19 heavy (non-hydrogen) atoms. The van der Waals surface area contributed by atoms with Crippen LogP contribution in [0.5, 0.6) is 0 Å². The molecule has 1 fully saturated rings. The largest absolute Gasteiger partial charge is 0.389 e. The first kappa shape index (κ1) is 14.2. The van der Waals surface area contributed by atoms with Crippen LogP contribution in [-0.4, -0.2) is 30.1 Å². The van der Waals surface area contributed by atoms with Crippen molar-refractivity contribution in [3.05, 3.63) is 28.8 Å². The number of amides is 1. The Hall–Kier alpha value is -1.26. The maximum absolute atomic E-state index is 11.8. The van der Waals surface area contributed by atoms with E-state index in [0.29, 0.717) is 17.1 Å². The van der Waals surface area contributed by atoms with Crippen LogP contribution in [0.4, 0.5) is 5.69 Å². The zero-order valence-corrected chi connectivity index (χ0v) is 11.9. The summed E-state index contributed by atoms with van der Waals surface area (Å²) >= 11 is 6.18. The zero-order valence-electron chi connectivity index (χ0n) is 11.2. The van der Waals surface area contributed by atoms with Crippen molar-refractivity contribution in [3.63, 3.8) is 0 Å². The fraction of sp³-hybridized carbons (Fsp3) is 0.500. The molecule has 1 aliphatic rings. The van der Waals surface area contributed by atoms with Crippen molar-refractivity contribution in [2.45, 2.75) is 32.4 Å². The number of halogens is 1. The SMILES string of the molecule is CCC1C(=O)NCCN1c1ccc(C(C)O)c(Cl)c1. The number of carbonyl (C=O) groups excluding carboxylic acids is 1. The third kappa shape index (κ3) is 2.85. The molecule has 1 saturated heterocycles. The summed E-state index contributed by atoms with van der Waals surface area (Å²) in [6.07, 6.45) is 0.162. The third-order valence-corrected chi connectivity index (χ3v) is 3.81. The molecule has 1 heterocycles. The smallest absolute Gasteiger partial charge is 0.242 e. The minimum Gasteiger partial charge on any atom is -0.389 e. The first-order chi connectivity index (χ1) is 9.04. The number of anilines is 1. The molecule has 0 bridgehead atoms. The maximum atomic E-state index is 11.8. The molecular formula is C14H19ClN2O2. The lowest BCUT2D eigenvalue weighted by molar-refractivity contribution is -0.123. The Bertz CT molecular complexity index is 477. The summed E-state index contributed by atoms with van der Waals surface area (Å²) in [4.78, 5) is 13.9. The first-order valence-corrected chi connectivity index (χ1v) is 6.94. The highest BCUT2D eigenvalue weighted by Gasteiger charge is 2.28. The van der Waals surface area contributed by atoms with Gasteiger partial charge in [0.25, 0.3) is 0 Å². The Morgan fingerprint density at radius 3 is 2.89 bits per heavy atom. The average molecular weight is 283 g/mol. The normalized spacial score (nSPS) is 21.2. The molecule has 2 rings (SSSR count). The predicted octanol–water partition coefficient (Wildman–Crippen LogP) is 2.11. The molecule has 2 N–H and O–H groups in total. The van der Waals surface area contributed by atoms with Gasteiger partial charge in [-0.05, 0) is 31.0 Å². The van der Waals surface area contributed by atoms with E-state index in [0.717, 1.165) is 18.7 Å². The summed E-state index contributed by atoms with van der Waals surface area (Å²) in [5.41, 5.74) is 1.64. The van der Waals surface area contributed by atoms with Gasteiger partial charge in [-0.3, -0.25) is 4.79 Å². The standard InChI is InChI=1S/C14H19ClN2O2/c1-3-13-14(19)16-6-7-17(13)10-4-5-11(9(2)18)12(15)8-10/h4-5,8-9,13,18H,3,6-7H2,1-2H3,(H,16,19). The lowest BCUT2D eigenvalue weighted by atomic mass is 10.1. The van der Waals surface area contributed by atoms with Crippen LogP contribution in [0.1, 0.15) is 31.9 Å². The number of nitrogens with one attached hydrogen (secondary N) is 1. The molecule has 2 atom stereocenters. The van der Waals surface area contributed by atoms with Crippen LogP contribution in [0.3, 0.4) is 0 Å². The van der Waals surface area contributed by atoms with Gasteiger partial charge < -0.3 is 15.3 Å². The van der Waals surface area contributed by atoms with Gasteiger partial charge in [0, 0.05) is 23.8 Å². The first-order valence-electron chi connectivity index (χ1n) is 6.56. The van der Waals surface area contributed by atoms with E-state index in [9.17, 15) is 9.90 Å². The fourth-order valence-electron chi connectivity index (χ4n) is 2.46. The zero-order chi connectivity index (χ0) is 14.0. The van der Waals surface area contributed by atoms with Crippen molar-refractivity contribution in [2.24, 2.45) is 0 Å². The van der Waals surface area contributed by atoms with Crippen LogP contribution < -0.4 is 10.2 Å². The Balaban J connectivity index is 2.30. The predicted molar refractivity (Wildman–Crippen MR) is 76.5 cm³/mol. The van der Waals surface area contributed by atoms with Crippen LogP contribution in [0.2, 0.25) is 5.02 Å². The molecule has 1 aromatic rings. The van der Waals surface area contributed by atoms with Gasteiger partial charge in [-0.15, -0.1) is 0 Å². The van der Waals surface area contributed by atoms with Gasteiger partial charge in [-0.1, -0.05) is 24.6 Å². The van der Waals surface area contributed by atoms with E-state index in [1.807, 2.05) is 25.1 Å². The van der Waals surface area contributed by atoms with E-state index in [4.69, 9.17) is 11.6 Å². The van der Waals surface area contributed by atoms with Crippen LogP contribution in [0, 0.1) is 0 Å². The quantitative estimate of drug-likeness (QED) is 0.893. The molecule has 0 spiro atoms. The molecule has 5 heteroatoms. The summed E-state index contributed by atoms with van der Waals surface area (Å²) < 4.78 is 0. The van der Waals surface area contributed by atoms with E-state index in [2.05, 4.69) is 10.2 Å². The molecular weight excluding hydrogens is 264 g/mol. The van der Waals surface area contributed by atoms with E-state index in [1.54, 1.807) is 6.92 Å². The van der Waals surface area contributed by atoms with E-state index < -0.39 is 6.10 Å². The molecule has 1 aliphatic heterocycles. The van der Waals surface area contributed by atoms with Crippen LogP contribution in [0.15, 0.2) is 18.2 Å². The highest BCUT2D eigenvalue weighted by Crippen LogP contribution is 2.29. The number of piperazine rings is 1. The van der Waals surface area contributed by atoms with Gasteiger partial charge in [0.2, 0.25) is 5.91 Å². The monoisotopic (exact) mass is 282 g/mol. The number of benzene rings is 1. The molecule has 0 aliphatic carbocycles. The third-order valence-electron chi connectivity index (χ3n) is 3.48. The lowest BCUT2D eigenvalue weighted by Crippen LogP contribution is -2.55. The Morgan fingerprint density at radius 1 is 1.58 bits per heavy atom. The lowest BCUT2D eigenvalue weighted by Gasteiger charge is -2.36. The van der Waals surface area contributed by atoms with E-state index in [1.165, 1.54) is 0 Å². The van der Waals surface area contributed by atoms with Crippen LogP contribution in [0.25, 0.3) is 0 Å². The Labute approximate surface area is 118 Å². The minimum atomic E-state index is -0.590. The maximum Gasteiger partial charge on any atom is 0.242 e. The summed E-state index contributed by atoms with van der Waals surface area (Å²) in [5.74, 6) is 0.0597. The van der Waals surface area contributed by atoms with Crippen molar-refractivity contribution in [1.29, 1.82) is 0 Å². The Morgan fingerprint density at radius 2 is 2.32 bits per heavy atom. The molecule has 104 valence electrons. The second-order valence-corrected chi connectivity index (χ2v) is 5.20. The summed E-state index contributed by atoms with van der Waals surface area (Å²) in [6, 6.07) is 5.41. The number of nitrogens with zero attached hydrogens (tertiary/aromatic N) is 1. The van der Waals surface area contributed by atoms with Crippen molar-refractivity contribution in [3.8, 4) is 0 Å². The van der Waals surface area contributed by atoms with E-state index >= 15 is 0 Å². The average Bonchev–Trinajstić information content (AvgIpc) is 2.37. The fourth-order valence-corrected chi connectivity index (χ4v) is 2.80. The van der Waals surface area contributed by atoms with Gasteiger partial charge >= 0.3 is 0 Å². The minimum absolute atomic E-state index is 0.0597. The Kier molecular flexibility index (Phi) is 4.32. The number of carbonyl (C=O) groups is 1. The van der Waals surface area contributed by atoms with Gasteiger partial charge in [0.05, 0.1) is 6.10 Å². The second-order valence-electron chi connectivity index (χ2n) is 4.79. The highest BCUT2D eigenvalue weighted by atomic mass is 35.5. The van der Waals surface area contributed by atoms with Gasteiger partial charge in [-0.2, -0.15) is 0 Å². The number of hydrogen-bond acceptors (Lipinski definition) is 3. The van der Waals surface area contributed by atoms with Crippen molar-refractivity contribution in [1.82, 2.24) is 5.32 Å². The van der Waals surface area contributed by atoms with Crippen LogP contribution >= 0.6 is 11.6 Å². The highest BCUT2D eigenvalue weighted by molar-refractivity contribution is 6.31. The molecule has 2 unspecified atom stereocenters. The summed E-state index contributed by atoms with van der Waals surface area (Å²) in [7, 11) is 0. The van der Waals surface area contributed by atoms with Crippen LogP contribution in [-0.2, 0) is 4.79 Å². The topological polar surface area (TPSA) is 52.6 Å². The van der Waals surface area contributed by atoms with Gasteiger partial charge in [-0.25, -0.2) is 0 Å². The van der Waals surface area contributed by atoms with Gasteiger partial charge in [0.15, 0.2) is 0 Å².